The minimum Gasteiger partial charge on any atom is -0.337 e. The molecule has 2 N–H and O–H groups in total. The van der Waals surface area contributed by atoms with Gasteiger partial charge in [0.1, 0.15) is 5.69 Å². The molecule has 0 aromatic carbocycles. The Balaban J connectivity index is 1.90. The number of hydrogen-bond acceptors (Lipinski definition) is 4. The van der Waals surface area contributed by atoms with Crippen LogP contribution in [-0.4, -0.2) is 64.0 Å². The molecule has 0 aliphatic carbocycles. The molecule has 1 aromatic rings. The van der Waals surface area contributed by atoms with Crippen LogP contribution in [0.5, 0.6) is 0 Å². The molecule has 0 atom stereocenters. The van der Waals surface area contributed by atoms with E-state index < -0.39 is 0 Å². The van der Waals surface area contributed by atoms with Gasteiger partial charge in [-0.3, -0.25) is 4.79 Å². The number of imidazole rings is 1. The first-order valence-corrected chi connectivity index (χ1v) is 7.94. The van der Waals surface area contributed by atoms with Crippen LogP contribution >= 0.6 is 0 Å². The Hall–Kier alpha value is -1.40. The highest BCUT2D eigenvalue weighted by Crippen LogP contribution is 2.17. The number of nitrogens with zero attached hydrogens (tertiary/aromatic N) is 4. The van der Waals surface area contributed by atoms with Gasteiger partial charge in [-0.1, -0.05) is 13.8 Å². The maximum absolute atomic E-state index is 12.4. The summed E-state index contributed by atoms with van der Waals surface area (Å²) in [5.74, 6) is 0.0452. The van der Waals surface area contributed by atoms with Gasteiger partial charge in [0.15, 0.2) is 0 Å². The van der Waals surface area contributed by atoms with Crippen molar-refractivity contribution in [3.63, 3.8) is 0 Å². The van der Waals surface area contributed by atoms with Gasteiger partial charge in [-0.05, 0) is 25.9 Å². The van der Waals surface area contributed by atoms with Crippen molar-refractivity contribution < 1.29 is 4.79 Å². The van der Waals surface area contributed by atoms with Crippen LogP contribution in [0, 0.1) is 0 Å². The van der Waals surface area contributed by atoms with Gasteiger partial charge in [-0.25, -0.2) is 4.98 Å². The lowest BCUT2D eigenvalue weighted by atomic mass is 10.0. The molecule has 1 amide bonds. The molecule has 0 saturated carbocycles. The van der Waals surface area contributed by atoms with Crippen LogP contribution in [0.4, 0.5) is 0 Å². The molecule has 1 saturated heterocycles. The van der Waals surface area contributed by atoms with Gasteiger partial charge in [0, 0.05) is 38.4 Å². The summed E-state index contributed by atoms with van der Waals surface area (Å²) in [6.45, 7) is 9.46. The number of aromatic nitrogens is 2. The Kier molecular flexibility index (Phi) is 5.76. The van der Waals surface area contributed by atoms with Gasteiger partial charge in [-0.15, -0.1) is 0 Å². The second-order valence-electron chi connectivity index (χ2n) is 5.53. The second kappa shape index (κ2) is 7.56. The quantitative estimate of drug-likeness (QED) is 0.842. The summed E-state index contributed by atoms with van der Waals surface area (Å²) in [6.07, 6.45) is 5.59. The van der Waals surface area contributed by atoms with Crippen LogP contribution in [0.1, 0.15) is 37.2 Å². The molecule has 0 radical (unpaired) electrons. The Morgan fingerprint density at radius 1 is 1.38 bits per heavy atom. The van der Waals surface area contributed by atoms with Crippen molar-refractivity contribution in [2.75, 3.05) is 32.7 Å². The van der Waals surface area contributed by atoms with E-state index in [1.54, 1.807) is 12.5 Å². The van der Waals surface area contributed by atoms with Crippen molar-refractivity contribution in [3.8, 4) is 0 Å². The first-order chi connectivity index (χ1) is 10.2. The molecule has 6 heteroatoms. The fourth-order valence-electron chi connectivity index (χ4n) is 3.08. The lowest BCUT2D eigenvalue weighted by molar-refractivity contribution is 0.0626. The van der Waals surface area contributed by atoms with Gasteiger partial charge >= 0.3 is 0 Å². The smallest absolute Gasteiger partial charge is 0.274 e. The van der Waals surface area contributed by atoms with E-state index in [1.165, 1.54) is 0 Å². The van der Waals surface area contributed by atoms with Crippen LogP contribution in [0.3, 0.4) is 0 Å². The average molecular weight is 293 g/mol. The molecular weight excluding hydrogens is 266 g/mol. The highest BCUT2D eigenvalue weighted by atomic mass is 16.2. The van der Waals surface area contributed by atoms with Crippen molar-refractivity contribution in [2.24, 2.45) is 5.73 Å². The third-order valence-corrected chi connectivity index (χ3v) is 4.32. The van der Waals surface area contributed by atoms with Gasteiger partial charge < -0.3 is 20.1 Å². The summed E-state index contributed by atoms with van der Waals surface area (Å²) in [5, 5.41) is 0. The van der Waals surface area contributed by atoms with Gasteiger partial charge in [-0.2, -0.15) is 0 Å². The number of carbonyl (C=O) groups excluding carboxylic acids is 1. The molecule has 1 aliphatic heterocycles. The summed E-state index contributed by atoms with van der Waals surface area (Å²) in [5.41, 5.74) is 6.04. The first-order valence-electron chi connectivity index (χ1n) is 7.94. The summed E-state index contributed by atoms with van der Waals surface area (Å²) < 4.78 is 1.87. The van der Waals surface area contributed by atoms with Crippen molar-refractivity contribution in [1.82, 2.24) is 19.4 Å². The number of piperidine rings is 1. The lowest BCUT2D eigenvalue weighted by Crippen LogP contribution is -2.46. The van der Waals surface area contributed by atoms with E-state index in [1.807, 2.05) is 9.47 Å². The number of nitrogens with two attached hydrogens (primary N) is 1. The van der Waals surface area contributed by atoms with Crippen LogP contribution in [-0.2, 0) is 6.54 Å². The maximum Gasteiger partial charge on any atom is 0.274 e. The van der Waals surface area contributed by atoms with Crippen LogP contribution in [0.15, 0.2) is 12.5 Å². The topological polar surface area (TPSA) is 67.4 Å². The Labute approximate surface area is 126 Å². The number of hydrogen-bond donors (Lipinski definition) is 1. The van der Waals surface area contributed by atoms with E-state index >= 15 is 0 Å². The molecular formula is C15H27N5O. The van der Waals surface area contributed by atoms with Crippen molar-refractivity contribution in [2.45, 2.75) is 39.3 Å². The summed E-state index contributed by atoms with van der Waals surface area (Å²) in [6, 6.07) is 0.610. The number of likely N-dealkylation sites (tertiary alicyclic amines) is 1. The molecule has 21 heavy (non-hydrogen) atoms. The number of amides is 1. The molecule has 2 rings (SSSR count). The monoisotopic (exact) mass is 293 g/mol. The van der Waals surface area contributed by atoms with Crippen LogP contribution < -0.4 is 5.73 Å². The molecule has 2 heterocycles. The third-order valence-electron chi connectivity index (χ3n) is 4.32. The minimum absolute atomic E-state index is 0.0452. The standard InChI is InChI=1S/C15H27N5O/c1-3-19(4-2)13-5-8-20(9-6-13)15(21)14-11-18(10-7-16)12-17-14/h11-13H,3-10,16H2,1-2H3. The second-order valence-corrected chi connectivity index (χ2v) is 5.53. The summed E-state index contributed by atoms with van der Waals surface area (Å²) in [7, 11) is 0. The Morgan fingerprint density at radius 2 is 2.05 bits per heavy atom. The largest absolute Gasteiger partial charge is 0.337 e. The predicted molar refractivity (Wildman–Crippen MR) is 83.1 cm³/mol. The zero-order chi connectivity index (χ0) is 15.2. The first kappa shape index (κ1) is 16.0. The fraction of sp³-hybridized carbons (Fsp3) is 0.733. The SMILES string of the molecule is CCN(CC)C1CCN(C(=O)c2cn(CCN)cn2)CC1. The number of carbonyl (C=O) groups is 1. The minimum atomic E-state index is 0.0452. The fourth-order valence-corrected chi connectivity index (χ4v) is 3.08. The zero-order valence-electron chi connectivity index (χ0n) is 13.2. The van der Waals surface area contributed by atoms with E-state index in [2.05, 4.69) is 23.7 Å². The van der Waals surface area contributed by atoms with Gasteiger partial charge in [0.2, 0.25) is 0 Å². The Morgan fingerprint density at radius 3 is 2.62 bits per heavy atom. The highest BCUT2D eigenvalue weighted by molar-refractivity contribution is 5.92. The van der Waals surface area contributed by atoms with E-state index in [-0.39, 0.29) is 5.91 Å². The molecule has 118 valence electrons. The third kappa shape index (κ3) is 3.83. The van der Waals surface area contributed by atoms with Crippen LogP contribution in [0.2, 0.25) is 0 Å². The molecule has 1 aromatic heterocycles. The highest BCUT2D eigenvalue weighted by Gasteiger charge is 2.26. The Bertz CT molecular complexity index is 447. The molecule has 0 unspecified atom stereocenters. The van der Waals surface area contributed by atoms with E-state index in [0.717, 1.165) is 39.0 Å². The maximum atomic E-state index is 12.4. The van der Waals surface area contributed by atoms with Crippen molar-refractivity contribution in [3.05, 3.63) is 18.2 Å². The molecule has 1 fully saturated rings. The van der Waals surface area contributed by atoms with E-state index in [0.29, 0.717) is 24.8 Å². The zero-order valence-corrected chi connectivity index (χ0v) is 13.2. The average Bonchev–Trinajstić information content (AvgIpc) is 2.97. The molecule has 0 spiro atoms. The van der Waals surface area contributed by atoms with Crippen LogP contribution in [0.25, 0.3) is 0 Å². The molecule has 0 bridgehead atoms. The normalized spacial score (nSPS) is 16.7. The van der Waals surface area contributed by atoms with E-state index in [9.17, 15) is 4.79 Å². The van der Waals surface area contributed by atoms with Crippen molar-refractivity contribution in [1.29, 1.82) is 0 Å². The summed E-state index contributed by atoms with van der Waals surface area (Å²) in [4.78, 5) is 21.0. The van der Waals surface area contributed by atoms with Crippen molar-refractivity contribution >= 4 is 5.91 Å². The predicted octanol–water partition coefficient (Wildman–Crippen LogP) is 0.788. The summed E-state index contributed by atoms with van der Waals surface area (Å²) >= 11 is 0. The van der Waals surface area contributed by atoms with Gasteiger partial charge in [0.25, 0.3) is 5.91 Å². The lowest BCUT2D eigenvalue weighted by Gasteiger charge is -2.37. The van der Waals surface area contributed by atoms with Gasteiger partial charge in [0.05, 0.1) is 6.33 Å². The molecule has 1 aliphatic rings. The van der Waals surface area contributed by atoms with E-state index in [4.69, 9.17) is 5.73 Å². The number of rotatable bonds is 6. The molecule has 6 nitrogen and oxygen atoms in total.